The van der Waals surface area contributed by atoms with Gasteiger partial charge in [0.25, 0.3) is 0 Å². The minimum Gasteiger partial charge on any atom is -0.481 e. The fourth-order valence-electron chi connectivity index (χ4n) is 1.64. The Morgan fingerprint density at radius 1 is 1.56 bits per heavy atom. The van der Waals surface area contributed by atoms with Gasteiger partial charge < -0.3 is 15.2 Å². The molecule has 1 saturated heterocycles. The van der Waals surface area contributed by atoms with Crippen LogP contribution in [0.15, 0.2) is 0 Å². The lowest BCUT2D eigenvalue weighted by Crippen LogP contribution is -2.34. The van der Waals surface area contributed by atoms with E-state index in [0.29, 0.717) is 26.0 Å². The van der Waals surface area contributed by atoms with Gasteiger partial charge in [-0.25, -0.2) is 0 Å². The van der Waals surface area contributed by atoms with Crippen molar-refractivity contribution in [2.45, 2.75) is 38.7 Å². The van der Waals surface area contributed by atoms with Crippen molar-refractivity contribution in [2.24, 2.45) is 5.92 Å². The van der Waals surface area contributed by atoms with Crippen LogP contribution in [0.5, 0.6) is 0 Å². The third kappa shape index (κ3) is 4.18. The van der Waals surface area contributed by atoms with Crippen molar-refractivity contribution in [3.05, 3.63) is 0 Å². The van der Waals surface area contributed by atoms with Gasteiger partial charge in [-0.3, -0.25) is 9.59 Å². The van der Waals surface area contributed by atoms with E-state index in [2.05, 4.69) is 5.32 Å². The maximum atomic E-state index is 11.5. The van der Waals surface area contributed by atoms with Crippen molar-refractivity contribution in [3.8, 4) is 0 Å². The summed E-state index contributed by atoms with van der Waals surface area (Å²) in [6.45, 7) is 2.86. The van der Waals surface area contributed by atoms with Crippen molar-refractivity contribution < 1.29 is 19.4 Å². The molecule has 1 amide bonds. The second kappa shape index (κ2) is 6.48. The third-order valence-corrected chi connectivity index (χ3v) is 2.76. The van der Waals surface area contributed by atoms with Crippen LogP contribution in [-0.2, 0) is 14.3 Å². The van der Waals surface area contributed by atoms with Crippen LogP contribution in [-0.4, -0.2) is 36.2 Å². The van der Waals surface area contributed by atoms with Gasteiger partial charge in [0.15, 0.2) is 0 Å². The first-order valence-electron chi connectivity index (χ1n) is 5.73. The molecule has 0 aromatic rings. The highest BCUT2D eigenvalue weighted by Gasteiger charge is 2.22. The predicted octanol–water partition coefficient (Wildman–Crippen LogP) is 0.782. The van der Waals surface area contributed by atoms with Crippen molar-refractivity contribution in [1.29, 1.82) is 0 Å². The second-order valence-corrected chi connectivity index (χ2v) is 4.17. The van der Waals surface area contributed by atoms with E-state index in [4.69, 9.17) is 9.84 Å². The number of hydrogen-bond acceptors (Lipinski definition) is 3. The summed E-state index contributed by atoms with van der Waals surface area (Å²) in [5.74, 6) is -1.20. The van der Waals surface area contributed by atoms with Crippen LogP contribution < -0.4 is 5.32 Å². The number of aliphatic carboxylic acids is 1. The SMILES string of the molecule is CC(CCCNC(=O)[C@H]1CCCO1)C(=O)O. The Bertz CT molecular complexity index is 248. The maximum absolute atomic E-state index is 11.5. The molecule has 5 nitrogen and oxygen atoms in total. The van der Waals surface area contributed by atoms with Crippen LogP contribution in [0.3, 0.4) is 0 Å². The number of amides is 1. The Kier molecular flexibility index (Phi) is 5.25. The van der Waals surface area contributed by atoms with Gasteiger partial charge >= 0.3 is 5.97 Å². The van der Waals surface area contributed by atoms with E-state index >= 15 is 0 Å². The van der Waals surface area contributed by atoms with Gasteiger partial charge in [-0.1, -0.05) is 6.92 Å². The topological polar surface area (TPSA) is 75.6 Å². The van der Waals surface area contributed by atoms with Crippen molar-refractivity contribution in [3.63, 3.8) is 0 Å². The molecule has 1 heterocycles. The molecule has 1 fully saturated rings. The largest absolute Gasteiger partial charge is 0.481 e. The first-order valence-corrected chi connectivity index (χ1v) is 5.73. The molecule has 0 aromatic carbocycles. The van der Waals surface area contributed by atoms with Gasteiger partial charge in [-0.05, 0) is 25.7 Å². The van der Waals surface area contributed by atoms with Crippen LogP contribution in [0, 0.1) is 5.92 Å². The Labute approximate surface area is 95.2 Å². The number of ether oxygens (including phenoxy) is 1. The van der Waals surface area contributed by atoms with E-state index in [1.54, 1.807) is 6.92 Å². The van der Waals surface area contributed by atoms with Crippen LogP contribution in [0.4, 0.5) is 0 Å². The molecule has 0 radical (unpaired) electrons. The van der Waals surface area contributed by atoms with Crippen molar-refractivity contribution in [1.82, 2.24) is 5.32 Å². The maximum Gasteiger partial charge on any atom is 0.306 e. The minimum absolute atomic E-state index is 0.0690. The number of carboxylic acids is 1. The summed E-state index contributed by atoms with van der Waals surface area (Å²) in [7, 11) is 0. The molecule has 0 aliphatic carbocycles. The Morgan fingerprint density at radius 2 is 2.31 bits per heavy atom. The number of carbonyl (C=O) groups excluding carboxylic acids is 1. The normalized spacial score (nSPS) is 21.7. The highest BCUT2D eigenvalue weighted by Crippen LogP contribution is 2.11. The van der Waals surface area contributed by atoms with Crippen molar-refractivity contribution >= 4 is 11.9 Å². The first kappa shape index (κ1) is 13.0. The summed E-state index contributed by atoms with van der Waals surface area (Å²) in [5.41, 5.74) is 0. The molecule has 2 N–H and O–H groups in total. The molecule has 0 bridgehead atoms. The lowest BCUT2D eigenvalue weighted by Gasteiger charge is -2.11. The van der Waals surface area contributed by atoms with Crippen LogP contribution in [0.2, 0.25) is 0 Å². The summed E-state index contributed by atoms with van der Waals surface area (Å²) >= 11 is 0. The number of rotatable bonds is 6. The van der Waals surface area contributed by atoms with Crippen LogP contribution >= 0.6 is 0 Å². The predicted molar refractivity (Wildman–Crippen MR) is 58.0 cm³/mol. The van der Waals surface area contributed by atoms with Gasteiger partial charge in [0.1, 0.15) is 6.10 Å². The molecule has 1 unspecified atom stereocenters. The van der Waals surface area contributed by atoms with Gasteiger partial charge in [0, 0.05) is 13.2 Å². The molecule has 0 saturated carbocycles. The average Bonchev–Trinajstić information content (AvgIpc) is 2.76. The number of hydrogen-bond donors (Lipinski definition) is 2. The van der Waals surface area contributed by atoms with Gasteiger partial charge in [-0.2, -0.15) is 0 Å². The fraction of sp³-hybridized carbons (Fsp3) is 0.818. The van der Waals surface area contributed by atoms with E-state index in [1.165, 1.54) is 0 Å². The molecular weight excluding hydrogens is 210 g/mol. The molecule has 2 atom stereocenters. The quantitative estimate of drug-likeness (QED) is 0.660. The molecule has 92 valence electrons. The Balaban J connectivity index is 2.06. The minimum atomic E-state index is -0.787. The molecular formula is C11H19NO4. The summed E-state index contributed by atoms with van der Waals surface area (Å²) in [6.07, 6.45) is 2.70. The number of carbonyl (C=O) groups is 2. The number of carboxylic acid groups (broad SMARTS) is 1. The molecule has 0 spiro atoms. The fourth-order valence-corrected chi connectivity index (χ4v) is 1.64. The monoisotopic (exact) mass is 229 g/mol. The standard InChI is InChI=1S/C11H19NO4/c1-8(11(14)15)4-2-6-12-10(13)9-5-3-7-16-9/h8-9H,2-7H2,1H3,(H,12,13)(H,14,15)/t8?,9-/m1/s1. The van der Waals surface area contributed by atoms with E-state index in [-0.39, 0.29) is 17.9 Å². The summed E-state index contributed by atoms with van der Waals surface area (Å²) in [5, 5.41) is 11.4. The first-order chi connectivity index (χ1) is 7.61. The number of nitrogens with one attached hydrogen (secondary N) is 1. The lowest BCUT2D eigenvalue weighted by molar-refractivity contribution is -0.141. The third-order valence-electron chi connectivity index (χ3n) is 2.76. The summed E-state index contributed by atoms with van der Waals surface area (Å²) in [4.78, 5) is 22.0. The van der Waals surface area contributed by atoms with Crippen LogP contribution in [0.25, 0.3) is 0 Å². The highest BCUT2D eigenvalue weighted by atomic mass is 16.5. The van der Waals surface area contributed by atoms with Crippen molar-refractivity contribution in [2.75, 3.05) is 13.2 Å². The molecule has 0 aromatic heterocycles. The molecule has 1 aliphatic rings. The zero-order valence-corrected chi connectivity index (χ0v) is 9.57. The molecule has 1 aliphatic heterocycles. The van der Waals surface area contributed by atoms with E-state index in [9.17, 15) is 9.59 Å². The summed E-state index contributed by atoms with van der Waals surface area (Å²) < 4.78 is 5.22. The highest BCUT2D eigenvalue weighted by molar-refractivity contribution is 5.80. The van der Waals surface area contributed by atoms with E-state index in [0.717, 1.165) is 12.8 Å². The molecule has 16 heavy (non-hydrogen) atoms. The second-order valence-electron chi connectivity index (χ2n) is 4.17. The summed E-state index contributed by atoms with van der Waals surface area (Å²) in [6, 6.07) is 0. The Hall–Kier alpha value is -1.10. The van der Waals surface area contributed by atoms with E-state index in [1.807, 2.05) is 0 Å². The van der Waals surface area contributed by atoms with E-state index < -0.39 is 5.97 Å². The smallest absolute Gasteiger partial charge is 0.306 e. The Morgan fingerprint density at radius 3 is 2.88 bits per heavy atom. The molecule has 5 heteroatoms. The average molecular weight is 229 g/mol. The lowest BCUT2D eigenvalue weighted by atomic mass is 10.1. The van der Waals surface area contributed by atoms with Gasteiger partial charge in [0.2, 0.25) is 5.91 Å². The zero-order valence-electron chi connectivity index (χ0n) is 9.57. The van der Waals surface area contributed by atoms with Gasteiger partial charge in [-0.15, -0.1) is 0 Å². The molecule has 1 rings (SSSR count). The van der Waals surface area contributed by atoms with Gasteiger partial charge in [0.05, 0.1) is 5.92 Å². The van der Waals surface area contributed by atoms with Crippen LogP contribution in [0.1, 0.15) is 32.6 Å². The zero-order chi connectivity index (χ0) is 12.0.